The van der Waals surface area contributed by atoms with Crippen molar-refractivity contribution in [2.75, 3.05) is 4.90 Å². The fourth-order valence-electron chi connectivity index (χ4n) is 10.2. The van der Waals surface area contributed by atoms with Crippen molar-refractivity contribution in [3.8, 4) is 44.5 Å². The highest BCUT2D eigenvalue weighted by Crippen LogP contribution is 2.56. The lowest BCUT2D eigenvalue weighted by Crippen LogP contribution is -2.31. The van der Waals surface area contributed by atoms with Gasteiger partial charge in [0.15, 0.2) is 0 Å². The first-order chi connectivity index (χ1) is 27.3. The number of fused-ring (bicyclic) bond motifs is 8. The molecule has 0 aromatic heterocycles. The Labute approximate surface area is 328 Å². The van der Waals surface area contributed by atoms with Crippen LogP contribution in [0, 0.1) is 0 Å². The number of benzene rings is 6. The van der Waals surface area contributed by atoms with E-state index in [2.05, 4.69) is 214 Å². The van der Waals surface area contributed by atoms with E-state index in [9.17, 15) is 0 Å². The standard InChI is InChI=1S/C54H42N2/c1-53(2)48-17-11-10-16-43(48)44-27-26-41(32-49(44)53)56(39-22-18-35(19-23-39)34-12-6-5-7-13-34)40-24-20-36(21-25-40)50-45-28-29-55-33-47(45)52-46(50)31-38-30-37-14-8-9-15-42(37)51(38)54(52,3)4/h5-33,55H,1-4H3. The number of anilines is 3. The molecule has 5 aliphatic rings. The monoisotopic (exact) mass is 718 g/mol. The van der Waals surface area contributed by atoms with Gasteiger partial charge in [-0.25, -0.2) is 0 Å². The third-order valence-corrected chi connectivity index (χ3v) is 12.8. The quantitative estimate of drug-likeness (QED) is 0.188. The van der Waals surface area contributed by atoms with Gasteiger partial charge < -0.3 is 9.88 Å². The van der Waals surface area contributed by atoms with Crippen LogP contribution in [-0.4, -0.2) is 4.98 Å². The fourth-order valence-corrected chi connectivity index (χ4v) is 10.2. The number of H-pyrrole nitrogens is 1. The summed E-state index contributed by atoms with van der Waals surface area (Å²) in [5.41, 5.74) is 21.6. The van der Waals surface area contributed by atoms with Gasteiger partial charge in [0.05, 0.1) is 0 Å². The molecule has 0 spiro atoms. The Balaban J connectivity index is 1.06. The molecule has 1 N–H and O–H groups in total. The van der Waals surface area contributed by atoms with Gasteiger partial charge >= 0.3 is 0 Å². The van der Waals surface area contributed by atoms with Crippen LogP contribution in [0.25, 0.3) is 62.2 Å². The number of allylic oxidation sites excluding steroid dienone is 1. The van der Waals surface area contributed by atoms with Gasteiger partial charge in [0.2, 0.25) is 0 Å². The largest absolute Gasteiger partial charge is 0.367 e. The van der Waals surface area contributed by atoms with Crippen molar-refractivity contribution in [3.63, 3.8) is 0 Å². The summed E-state index contributed by atoms with van der Waals surface area (Å²) >= 11 is 0. The lowest BCUT2D eigenvalue weighted by Gasteiger charge is -2.33. The third-order valence-electron chi connectivity index (χ3n) is 12.8. The highest BCUT2D eigenvalue weighted by molar-refractivity contribution is 6.06. The van der Waals surface area contributed by atoms with Crippen molar-refractivity contribution in [1.29, 1.82) is 0 Å². The van der Waals surface area contributed by atoms with Crippen LogP contribution in [-0.2, 0) is 10.8 Å². The van der Waals surface area contributed by atoms with Crippen molar-refractivity contribution in [2.45, 2.75) is 38.5 Å². The number of pyridine rings is 1. The number of nitrogens with zero attached hydrogens (tertiary/aromatic N) is 1. The van der Waals surface area contributed by atoms with Crippen LogP contribution in [0.15, 0.2) is 170 Å². The van der Waals surface area contributed by atoms with E-state index in [-0.39, 0.29) is 10.8 Å². The third kappa shape index (κ3) is 4.69. The van der Waals surface area contributed by atoms with Gasteiger partial charge in [-0.3, -0.25) is 0 Å². The first-order valence-electron chi connectivity index (χ1n) is 19.8. The van der Waals surface area contributed by atoms with E-state index in [1.807, 2.05) is 0 Å². The molecule has 0 saturated carbocycles. The van der Waals surface area contributed by atoms with Gasteiger partial charge in [-0.1, -0.05) is 137 Å². The summed E-state index contributed by atoms with van der Waals surface area (Å²) in [5.74, 6) is 0. The van der Waals surface area contributed by atoms with Crippen molar-refractivity contribution >= 4 is 34.8 Å². The normalized spacial score (nSPS) is 15.3. The average Bonchev–Trinajstić information content (AvgIpc) is 3.85. The molecule has 268 valence electrons. The van der Waals surface area contributed by atoms with Crippen LogP contribution in [0.4, 0.5) is 17.1 Å². The minimum absolute atomic E-state index is 0.0955. The van der Waals surface area contributed by atoms with Crippen molar-refractivity contribution < 1.29 is 0 Å². The Morgan fingerprint density at radius 1 is 0.482 bits per heavy atom. The van der Waals surface area contributed by atoms with Gasteiger partial charge in [-0.2, -0.15) is 0 Å². The molecular formula is C54H42N2. The molecule has 4 aliphatic carbocycles. The minimum atomic E-state index is -0.169. The molecule has 1 heterocycles. The maximum atomic E-state index is 3.43. The van der Waals surface area contributed by atoms with Gasteiger partial charge in [0.25, 0.3) is 0 Å². The van der Waals surface area contributed by atoms with E-state index in [1.54, 1.807) is 0 Å². The van der Waals surface area contributed by atoms with Crippen LogP contribution >= 0.6 is 0 Å². The van der Waals surface area contributed by atoms with E-state index in [4.69, 9.17) is 0 Å². The molecule has 0 atom stereocenters. The van der Waals surface area contributed by atoms with Crippen molar-refractivity contribution in [3.05, 3.63) is 202 Å². The number of nitrogens with one attached hydrogen (secondary N) is 1. The highest BCUT2D eigenvalue weighted by atomic mass is 15.1. The molecule has 0 radical (unpaired) electrons. The highest BCUT2D eigenvalue weighted by Gasteiger charge is 2.41. The first-order valence-corrected chi connectivity index (χ1v) is 19.8. The molecule has 0 fully saturated rings. The van der Waals surface area contributed by atoms with E-state index >= 15 is 0 Å². The maximum absolute atomic E-state index is 3.43. The van der Waals surface area contributed by atoms with Crippen LogP contribution in [0.1, 0.15) is 49.9 Å². The predicted molar refractivity (Wildman–Crippen MR) is 235 cm³/mol. The van der Waals surface area contributed by atoms with E-state index in [1.165, 1.54) is 88.3 Å². The molecule has 6 aromatic carbocycles. The molecule has 11 rings (SSSR count). The topological polar surface area (TPSA) is 19.0 Å². The van der Waals surface area contributed by atoms with Gasteiger partial charge in [-0.05, 0) is 137 Å². The number of aromatic amines is 1. The van der Waals surface area contributed by atoms with E-state index < -0.39 is 0 Å². The number of rotatable bonds is 5. The lowest BCUT2D eigenvalue weighted by molar-refractivity contribution is 0.660. The average molecular weight is 719 g/mol. The summed E-state index contributed by atoms with van der Waals surface area (Å²) in [6.07, 6.45) is 9.09. The zero-order valence-corrected chi connectivity index (χ0v) is 32.2. The molecule has 0 unspecified atom stereocenters. The number of hydrogen-bond acceptors (Lipinski definition) is 1. The Hall–Kier alpha value is -6.64. The smallest absolute Gasteiger partial charge is 0.0465 e. The predicted octanol–water partition coefficient (Wildman–Crippen LogP) is 12.5. The zero-order valence-electron chi connectivity index (χ0n) is 32.2. The lowest BCUT2D eigenvalue weighted by atomic mass is 9.69. The molecule has 1 aliphatic heterocycles. The second-order valence-electron chi connectivity index (χ2n) is 16.7. The van der Waals surface area contributed by atoms with E-state index in [0.29, 0.717) is 0 Å². The number of aromatic nitrogens is 1. The fraction of sp³-hybridized carbons (Fsp3) is 0.111. The van der Waals surface area contributed by atoms with Gasteiger partial charge in [-0.15, -0.1) is 0 Å². The summed E-state index contributed by atoms with van der Waals surface area (Å²) in [4.78, 5) is 5.85. The summed E-state index contributed by atoms with van der Waals surface area (Å²) in [7, 11) is 0. The van der Waals surface area contributed by atoms with Gasteiger partial charge in [0.1, 0.15) is 0 Å². The van der Waals surface area contributed by atoms with Crippen LogP contribution in [0.3, 0.4) is 0 Å². The summed E-state index contributed by atoms with van der Waals surface area (Å²) in [6.45, 7) is 9.52. The van der Waals surface area contributed by atoms with Gasteiger partial charge in [0, 0.05) is 45.8 Å². The molecular weight excluding hydrogens is 677 g/mol. The first kappa shape index (κ1) is 32.8. The molecule has 0 saturated heterocycles. The second kappa shape index (κ2) is 11.9. The second-order valence-corrected chi connectivity index (χ2v) is 16.7. The molecule has 56 heavy (non-hydrogen) atoms. The molecule has 2 nitrogen and oxygen atoms in total. The summed E-state index contributed by atoms with van der Waals surface area (Å²) in [6, 6.07) is 56.0. The Bertz CT molecular complexity index is 2990. The molecule has 0 bridgehead atoms. The Kier molecular flexibility index (Phi) is 6.98. The Morgan fingerprint density at radius 2 is 1.12 bits per heavy atom. The van der Waals surface area contributed by atoms with Crippen LogP contribution < -0.4 is 15.3 Å². The Morgan fingerprint density at radius 3 is 1.91 bits per heavy atom. The van der Waals surface area contributed by atoms with Crippen molar-refractivity contribution in [1.82, 2.24) is 4.98 Å². The number of hydrogen-bond donors (Lipinski definition) is 1. The zero-order chi connectivity index (χ0) is 37.8. The SMILES string of the molecule is CC1(C)C2=c3ccccc3=CC2=Cc2c(-c3ccc(N(c4ccc(-c5ccccc5)cc4)c4ccc5c(c4)C(C)(C)c4ccccc4-5)cc3)c3cc[nH]cc-3c21. The van der Waals surface area contributed by atoms with Crippen LogP contribution in [0.5, 0.6) is 0 Å². The summed E-state index contributed by atoms with van der Waals surface area (Å²) in [5, 5.41) is 2.66. The molecule has 2 heteroatoms. The van der Waals surface area contributed by atoms with Crippen LogP contribution in [0.2, 0.25) is 0 Å². The summed E-state index contributed by atoms with van der Waals surface area (Å²) < 4.78 is 0. The van der Waals surface area contributed by atoms with Crippen molar-refractivity contribution in [2.24, 2.45) is 0 Å². The molecule has 0 amide bonds. The minimum Gasteiger partial charge on any atom is -0.367 e. The maximum Gasteiger partial charge on any atom is 0.0465 e. The van der Waals surface area contributed by atoms with E-state index in [0.717, 1.165) is 17.1 Å². The molecule has 6 aromatic rings.